The van der Waals surface area contributed by atoms with Crippen LogP contribution < -0.4 is 10.3 Å². The molecule has 0 fully saturated rings. The Morgan fingerprint density at radius 3 is 2.35 bits per heavy atom. The second-order valence-corrected chi connectivity index (χ2v) is 7.75. The quantitative estimate of drug-likeness (QED) is 0.587. The Morgan fingerprint density at radius 1 is 1.13 bits per heavy atom. The fourth-order valence-corrected chi connectivity index (χ4v) is 3.25. The van der Waals surface area contributed by atoms with E-state index in [4.69, 9.17) is 4.74 Å². The lowest BCUT2D eigenvalue weighted by Crippen LogP contribution is -2.27. The van der Waals surface area contributed by atoms with Gasteiger partial charge >= 0.3 is 0 Å². The largest absolute Gasteiger partial charge is 0.494 e. The van der Waals surface area contributed by atoms with Crippen LogP contribution in [-0.4, -0.2) is 22.1 Å². The van der Waals surface area contributed by atoms with Gasteiger partial charge in [-0.2, -0.15) is 5.26 Å². The number of carbonyl (C=O) groups is 1. The molecule has 1 aromatic heterocycles. The number of ketones is 1. The normalized spacial score (nSPS) is 10.7. The minimum absolute atomic E-state index is 0.0444. The Bertz CT molecular complexity index is 1190. The molecule has 3 rings (SSSR count). The molecule has 0 aliphatic rings. The molecule has 0 aliphatic carbocycles. The lowest BCUT2D eigenvalue weighted by molar-refractivity contribution is 0.103. The average Bonchev–Trinajstić information content (AvgIpc) is 2.76. The first-order chi connectivity index (χ1) is 14.8. The first kappa shape index (κ1) is 21.8. The van der Waals surface area contributed by atoms with Crippen molar-refractivity contribution in [3.05, 3.63) is 92.8 Å². The van der Waals surface area contributed by atoms with Gasteiger partial charge in [0.2, 0.25) is 5.88 Å². The third-order valence-electron chi connectivity index (χ3n) is 4.91. The first-order valence-corrected chi connectivity index (χ1v) is 10.0. The Labute approximate surface area is 181 Å². The zero-order valence-corrected chi connectivity index (χ0v) is 17.8. The van der Waals surface area contributed by atoms with Crippen molar-refractivity contribution in [2.45, 2.75) is 27.3 Å². The number of aromatic nitrogens is 1. The van der Waals surface area contributed by atoms with E-state index in [1.807, 2.05) is 38.1 Å². The van der Waals surface area contributed by atoms with E-state index in [-0.39, 0.29) is 23.2 Å². The fraction of sp³-hybridized carbons (Fsp3) is 0.240. The van der Waals surface area contributed by atoms with Crippen molar-refractivity contribution >= 4 is 5.78 Å². The third kappa shape index (κ3) is 4.67. The van der Waals surface area contributed by atoms with E-state index in [1.165, 1.54) is 6.92 Å². The van der Waals surface area contributed by atoms with Crippen LogP contribution in [0.4, 0.5) is 0 Å². The SMILES string of the molecule is Cc1c(C(=O)c2ccc(OCC(C)C)cc2)c(O)n(Cc2ccccc2)c(=O)c1C#N. The van der Waals surface area contributed by atoms with Gasteiger partial charge in [-0.1, -0.05) is 44.2 Å². The molecule has 158 valence electrons. The topological polar surface area (TPSA) is 92.3 Å². The maximum atomic E-state index is 13.2. The van der Waals surface area contributed by atoms with E-state index >= 15 is 0 Å². The van der Waals surface area contributed by atoms with Gasteiger partial charge in [0, 0.05) is 5.56 Å². The van der Waals surface area contributed by atoms with Crippen LogP contribution >= 0.6 is 0 Å². The number of hydrogen-bond acceptors (Lipinski definition) is 5. The van der Waals surface area contributed by atoms with Gasteiger partial charge in [-0.25, -0.2) is 0 Å². The number of hydrogen-bond donors (Lipinski definition) is 1. The molecule has 31 heavy (non-hydrogen) atoms. The Balaban J connectivity index is 2.04. The fourth-order valence-electron chi connectivity index (χ4n) is 3.25. The van der Waals surface area contributed by atoms with Gasteiger partial charge in [-0.05, 0) is 48.2 Å². The lowest BCUT2D eigenvalue weighted by atomic mass is 9.97. The highest BCUT2D eigenvalue weighted by molar-refractivity contribution is 6.11. The molecular formula is C25H24N2O4. The van der Waals surface area contributed by atoms with Gasteiger partial charge in [-0.15, -0.1) is 0 Å². The number of nitriles is 1. The van der Waals surface area contributed by atoms with Gasteiger partial charge in [0.05, 0.1) is 18.7 Å². The Kier molecular flexibility index (Phi) is 6.56. The van der Waals surface area contributed by atoms with E-state index in [1.54, 1.807) is 36.4 Å². The van der Waals surface area contributed by atoms with Crippen LogP contribution in [0.3, 0.4) is 0 Å². The van der Waals surface area contributed by atoms with Crippen LogP contribution in [0.25, 0.3) is 0 Å². The highest BCUT2D eigenvalue weighted by Gasteiger charge is 2.25. The molecule has 0 spiro atoms. The number of carbonyl (C=O) groups excluding carboxylic acids is 1. The monoisotopic (exact) mass is 416 g/mol. The lowest BCUT2D eigenvalue weighted by Gasteiger charge is -2.16. The number of rotatable bonds is 7. The standard InChI is InChI=1S/C25H24N2O4/c1-16(2)15-31-20-11-9-19(10-12-20)23(28)22-17(3)21(13-26)24(29)27(25(22)30)14-18-7-5-4-6-8-18/h4-12,16,30H,14-15H2,1-3H3. The Morgan fingerprint density at radius 2 is 1.77 bits per heavy atom. The molecule has 3 aromatic rings. The number of pyridine rings is 1. The zero-order chi connectivity index (χ0) is 22.5. The van der Waals surface area contributed by atoms with Crippen LogP contribution in [-0.2, 0) is 6.54 Å². The summed E-state index contributed by atoms with van der Waals surface area (Å²) in [6, 6.07) is 17.5. The first-order valence-electron chi connectivity index (χ1n) is 10.0. The molecule has 0 bridgehead atoms. The summed E-state index contributed by atoms with van der Waals surface area (Å²) in [7, 11) is 0. The molecular weight excluding hydrogens is 392 g/mol. The van der Waals surface area contributed by atoms with Gasteiger partial charge in [0.15, 0.2) is 5.78 Å². The summed E-state index contributed by atoms with van der Waals surface area (Å²) in [4.78, 5) is 26.0. The molecule has 0 atom stereocenters. The van der Waals surface area contributed by atoms with Crippen LogP contribution in [0, 0.1) is 24.2 Å². The predicted molar refractivity (Wildman–Crippen MR) is 118 cm³/mol. The summed E-state index contributed by atoms with van der Waals surface area (Å²) >= 11 is 0. The van der Waals surface area contributed by atoms with Crippen LogP contribution in [0.5, 0.6) is 11.6 Å². The van der Waals surface area contributed by atoms with Gasteiger partial charge in [0.25, 0.3) is 5.56 Å². The van der Waals surface area contributed by atoms with Crippen molar-refractivity contribution in [1.29, 1.82) is 5.26 Å². The van der Waals surface area contributed by atoms with E-state index in [0.717, 1.165) is 10.1 Å². The minimum atomic E-state index is -0.629. The van der Waals surface area contributed by atoms with Crippen molar-refractivity contribution in [2.75, 3.05) is 6.61 Å². The Hall–Kier alpha value is -3.85. The molecule has 2 aromatic carbocycles. The van der Waals surface area contributed by atoms with Crippen molar-refractivity contribution in [1.82, 2.24) is 4.57 Å². The average molecular weight is 416 g/mol. The van der Waals surface area contributed by atoms with E-state index in [2.05, 4.69) is 0 Å². The van der Waals surface area contributed by atoms with Crippen LogP contribution in [0.1, 0.15) is 46.5 Å². The molecule has 0 unspecified atom stereocenters. The second kappa shape index (κ2) is 9.31. The van der Waals surface area contributed by atoms with Crippen LogP contribution in [0.15, 0.2) is 59.4 Å². The third-order valence-corrected chi connectivity index (χ3v) is 4.91. The molecule has 1 N–H and O–H groups in total. The van der Waals surface area contributed by atoms with Crippen LogP contribution in [0.2, 0.25) is 0 Å². The molecule has 0 aliphatic heterocycles. The second-order valence-electron chi connectivity index (χ2n) is 7.75. The highest BCUT2D eigenvalue weighted by atomic mass is 16.5. The van der Waals surface area contributed by atoms with E-state index in [9.17, 15) is 20.0 Å². The summed E-state index contributed by atoms with van der Waals surface area (Å²) in [6.07, 6.45) is 0. The summed E-state index contributed by atoms with van der Waals surface area (Å²) < 4.78 is 6.71. The highest BCUT2D eigenvalue weighted by Crippen LogP contribution is 2.26. The molecule has 0 saturated carbocycles. The predicted octanol–water partition coefficient (Wildman–Crippen LogP) is 4.05. The van der Waals surface area contributed by atoms with Crippen molar-refractivity contribution in [2.24, 2.45) is 5.92 Å². The van der Waals surface area contributed by atoms with Gasteiger partial charge in [0.1, 0.15) is 17.4 Å². The maximum absolute atomic E-state index is 13.2. The number of ether oxygens (including phenoxy) is 1. The van der Waals surface area contributed by atoms with Crippen molar-refractivity contribution in [3.8, 4) is 17.7 Å². The smallest absolute Gasteiger partial charge is 0.271 e. The number of nitrogens with zero attached hydrogens (tertiary/aromatic N) is 2. The molecule has 6 heteroatoms. The van der Waals surface area contributed by atoms with E-state index in [0.29, 0.717) is 23.8 Å². The molecule has 0 amide bonds. The van der Waals surface area contributed by atoms with E-state index < -0.39 is 17.2 Å². The van der Waals surface area contributed by atoms with Crippen molar-refractivity contribution in [3.63, 3.8) is 0 Å². The molecule has 1 heterocycles. The summed E-state index contributed by atoms with van der Waals surface area (Å²) in [5.74, 6) is 0.0909. The summed E-state index contributed by atoms with van der Waals surface area (Å²) in [5.41, 5.74) is 0.411. The number of benzene rings is 2. The molecule has 0 saturated heterocycles. The molecule has 0 radical (unpaired) electrons. The summed E-state index contributed by atoms with van der Waals surface area (Å²) in [6.45, 7) is 6.19. The van der Waals surface area contributed by atoms with Crippen molar-refractivity contribution < 1.29 is 14.6 Å². The molecule has 6 nitrogen and oxygen atoms in total. The zero-order valence-electron chi connectivity index (χ0n) is 17.8. The summed E-state index contributed by atoms with van der Waals surface area (Å²) in [5, 5.41) is 20.4. The van der Waals surface area contributed by atoms with Gasteiger partial charge < -0.3 is 9.84 Å². The maximum Gasteiger partial charge on any atom is 0.271 e. The minimum Gasteiger partial charge on any atom is -0.494 e. The number of aromatic hydroxyl groups is 1. The van der Waals surface area contributed by atoms with Gasteiger partial charge in [-0.3, -0.25) is 14.2 Å².